The number of carbonyl (C=O) groups is 1. The molecule has 154 valence electrons. The van der Waals surface area contributed by atoms with Gasteiger partial charge >= 0.3 is 5.97 Å². The maximum atomic E-state index is 12.3. The largest absolute Gasteiger partial charge is 0.461 e. The van der Waals surface area contributed by atoms with Crippen molar-refractivity contribution in [2.24, 2.45) is 0 Å². The average Bonchev–Trinajstić information content (AvgIpc) is 3.00. The molecular weight excluding hydrogens is 387 g/mol. The van der Waals surface area contributed by atoms with E-state index in [1.165, 1.54) is 13.3 Å². The predicted octanol–water partition coefficient (Wildman–Crippen LogP) is 1.03. The summed E-state index contributed by atoms with van der Waals surface area (Å²) in [5, 5.41) is 2.42. The van der Waals surface area contributed by atoms with Gasteiger partial charge in [-0.15, -0.1) is 0 Å². The number of nitrogens with zero attached hydrogens (tertiary/aromatic N) is 4. The summed E-state index contributed by atoms with van der Waals surface area (Å²) in [6.45, 7) is 3.60. The minimum atomic E-state index is -3.88. The summed E-state index contributed by atoms with van der Waals surface area (Å²) in [5.74, 6) is -0.252. The van der Waals surface area contributed by atoms with Crippen LogP contribution in [0.3, 0.4) is 0 Å². The van der Waals surface area contributed by atoms with Gasteiger partial charge in [-0.05, 0) is 33.1 Å². The van der Waals surface area contributed by atoms with Crippen molar-refractivity contribution in [3.8, 4) is 0 Å². The Morgan fingerprint density at radius 3 is 2.86 bits per heavy atom. The van der Waals surface area contributed by atoms with Crippen LogP contribution in [0.4, 0.5) is 5.82 Å². The zero-order valence-electron chi connectivity index (χ0n) is 15.8. The van der Waals surface area contributed by atoms with Crippen molar-refractivity contribution in [2.75, 3.05) is 12.1 Å². The lowest BCUT2D eigenvalue weighted by atomic mass is 9.96. The van der Waals surface area contributed by atoms with E-state index in [4.69, 9.17) is 15.2 Å². The van der Waals surface area contributed by atoms with Crippen LogP contribution in [-0.4, -0.2) is 55.0 Å². The highest BCUT2D eigenvalue weighted by atomic mass is 31.2. The fourth-order valence-corrected chi connectivity index (χ4v) is 3.98. The number of hydrogen-bond donors (Lipinski definition) is 3. The second-order valence-corrected chi connectivity index (χ2v) is 8.90. The van der Waals surface area contributed by atoms with E-state index in [0.29, 0.717) is 17.7 Å². The highest BCUT2D eigenvalue weighted by molar-refractivity contribution is 7.55. The Morgan fingerprint density at radius 2 is 2.18 bits per heavy atom. The molecule has 3 atom stereocenters. The summed E-state index contributed by atoms with van der Waals surface area (Å²) in [4.78, 5) is 34.2. The second kappa shape index (κ2) is 8.52. The van der Waals surface area contributed by atoms with Crippen molar-refractivity contribution in [1.29, 1.82) is 0 Å². The fraction of sp³-hybridized carbons (Fsp3) is 0.625. The van der Waals surface area contributed by atoms with Gasteiger partial charge in [0.15, 0.2) is 11.5 Å². The van der Waals surface area contributed by atoms with Crippen molar-refractivity contribution >= 4 is 30.5 Å². The molecule has 0 bridgehead atoms. The molecule has 1 unspecified atom stereocenters. The van der Waals surface area contributed by atoms with E-state index in [-0.39, 0.29) is 11.9 Å². The monoisotopic (exact) mass is 412 g/mol. The molecule has 2 aromatic heterocycles. The van der Waals surface area contributed by atoms with E-state index in [1.807, 2.05) is 0 Å². The van der Waals surface area contributed by atoms with Gasteiger partial charge in [0.1, 0.15) is 30.3 Å². The Labute approximate surface area is 162 Å². The van der Waals surface area contributed by atoms with Gasteiger partial charge in [-0.2, -0.15) is 0 Å². The number of ether oxygens (including phenoxy) is 2. The van der Waals surface area contributed by atoms with Crippen molar-refractivity contribution in [1.82, 2.24) is 24.6 Å². The lowest BCUT2D eigenvalue weighted by Crippen LogP contribution is -2.38. The van der Waals surface area contributed by atoms with Gasteiger partial charge in [-0.25, -0.2) is 20.0 Å². The summed E-state index contributed by atoms with van der Waals surface area (Å²) in [6.07, 6.45) is 4.70. The van der Waals surface area contributed by atoms with Gasteiger partial charge in [0.2, 0.25) is 0 Å². The molecule has 12 heteroatoms. The summed E-state index contributed by atoms with van der Waals surface area (Å²) < 4.78 is 24.8. The van der Waals surface area contributed by atoms with Crippen LogP contribution < -0.4 is 10.8 Å². The molecule has 0 spiro atoms. The first-order valence-corrected chi connectivity index (χ1v) is 10.9. The van der Waals surface area contributed by atoms with Crippen LogP contribution in [0.1, 0.15) is 33.1 Å². The molecule has 2 aromatic rings. The Kier molecular flexibility index (Phi) is 6.29. The fourth-order valence-electron chi connectivity index (χ4n) is 2.74. The number of fused-ring (bicyclic) bond motifs is 1. The number of nitrogen functional groups attached to an aromatic ring is 1. The molecule has 0 aliphatic heterocycles. The maximum Gasteiger partial charge on any atom is 0.323 e. The van der Waals surface area contributed by atoms with Gasteiger partial charge < -0.3 is 24.7 Å². The van der Waals surface area contributed by atoms with E-state index >= 15 is 0 Å². The summed E-state index contributed by atoms with van der Waals surface area (Å²) in [6, 6.07) is -0.896. The molecule has 1 fully saturated rings. The lowest BCUT2D eigenvalue weighted by molar-refractivity contribution is -0.154. The quantitative estimate of drug-likeness (QED) is 0.402. The van der Waals surface area contributed by atoms with Gasteiger partial charge in [0, 0.05) is 0 Å². The molecule has 4 N–H and O–H groups in total. The van der Waals surface area contributed by atoms with E-state index < -0.39 is 32.0 Å². The Hall–Kier alpha value is -2.07. The summed E-state index contributed by atoms with van der Waals surface area (Å²) in [7, 11) is -3.88. The lowest BCUT2D eigenvalue weighted by Gasteiger charge is -2.27. The van der Waals surface area contributed by atoms with Crippen LogP contribution in [-0.2, 0) is 25.4 Å². The number of imidazole rings is 1. The van der Waals surface area contributed by atoms with Gasteiger partial charge in [0.25, 0.3) is 7.52 Å². The van der Waals surface area contributed by atoms with Gasteiger partial charge in [0.05, 0.1) is 19.0 Å². The van der Waals surface area contributed by atoms with E-state index in [0.717, 1.165) is 19.3 Å². The minimum absolute atomic E-state index is 0.0750. The Balaban J connectivity index is 1.49. The topological polar surface area (TPSA) is 154 Å². The zero-order chi connectivity index (χ0) is 20.3. The zero-order valence-corrected chi connectivity index (χ0v) is 16.7. The van der Waals surface area contributed by atoms with Crippen molar-refractivity contribution < 1.29 is 23.7 Å². The number of anilines is 1. The normalized spacial score (nSPS) is 19.0. The van der Waals surface area contributed by atoms with E-state index in [9.17, 15) is 14.3 Å². The smallest absolute Gasteiger partial charge is 0.323 e. The van der Waals surface area contributed by atoms with Crippen LogP contribution in [0.5, 0.6) is 0 Å². The number of aromatic nitrogens is 4. The maximum absolute atomic E-state index is 12.3. The highest BCUT2D eigenvalue weighted by Gasteiger charge is 2.29. The third-order valence-electron chi connectivity index (χ3n) is 4.50. The molecule has 28 heavy (non-hydrogen) atoms. The molecule has 2 heterocycles. The van der Waals surface area contributed by atoms with Gasteiger partial charge in [-0.3, -0.25) is 9.36 Å². The van der Waals surface area contributed by atoms with Crippen LogP contribution in [0, 0.1) is 0 Å². The Bertz CT molecular complexity index is 886. The first-order valence-electron chi connectivity index (χ1n) is 9.08. The summed E-state index contributed by atoms with van der Waals surface area (Å²) >= 11 is 0. The van der Waals surface area contributed by atoms with Gasteiger partial charge in [-0.1, -0.05) is 0 Å². The third-order valence-corrected chi connectivity index (χ3v) is 5.79. The Morgan fingerprint density at radius 1 is 1.43 bits per heavy atom. The molecule has 0 amide bonds. The third kappa shape index (κ3) is 5.05. The van der Waals surface area contributed by atoms with Crippen LogP contribution >= 0.6 is 7.52 Å². The van der Waals surface area contributed by atoms with Crippen molar-refractivity contribution in [3.63, 3.8) is 0 Å². The van der Waals surface area contributed by atoms with Crippen LogP contribution in [0.15, 0.2) is 12.7 Å². The average molecular weight is 412 g/mol. The van der Waals surface area contributed by atoms with E-state index in [1.54, 1.807) is 17.8 Å². The van der Waals surface area contributed by atoms with Crippen LogP contribution in [0.25, 0.3) is 11.2 Å². The van der Waals surface area contributed by atoms with Crippen molar-refractivity contribution in [2.45, 2.75) is 57.9 Å². The van der Waals surface area contributed by atoms with Crippen LogP contribution in [0.2, 0.25) is 0 Å². The molecule has 1 saturated carbocycles. The number of rotatable bonds is 9. The predicted molar refractivity (Wildman–Crippen MR) is 101 cm³/mol. The molecule has 1 aliphatic rings. The molecule has 0 aromatic carbocycles. The first kappa shape index (κ1) is 20.7. The number of nitrogens with two attached hydrogens (primary N) is 1. The standard InChI is InChI=1S/C16H25N6O5P/c1-10(6-22-8-20-13-14(17)18-7-19-15(13)22)26-9-28(24,25)21-11(2)16(23)27-12-4-3-5-12/h7-8,10-12H,3-6,9H2,1-2H3,(H2,17,18,19)(H2,21,24,25)/t10-,11-/m1/s1. The highest BCUT2D eigenvalue weighted by Crippen LogP contribution is 2.36. The molecule has 0 radical (unpaired) electrons. The number of hydrogen-bond acceptors (Lipinski definition) is 8. The first-order chi connectivity index (χ1) is 13.2. The molecule has 11 nitrogen and oxygen atoms in total. The number of carbonyl (C=O) groups excluding carboxylic acids is 1. The molecule has 3 rings (SSSR count). The summed E-state index contributed by atoms with van der Waals surface area (Å²) in [5.41, 5.74) is 6.80. The number of nitrogens with one attached hydrogen (secondary N) is 1. The minimum Gasteiger partial charge on any atom is -0.461 e. The number of esters is 1. The molecule has 1 aliphatic carbocycles. The van der Waals surface area contributed by atoms with E-state index in [2.05, 4.69) is 20.0 Å². The molecular formula is C16H25N6O5P. The second-order valence-electron chi connectivity index (χ2n) is 6.98. The molecule has 0 saturated heterocycles. The van der Waals surface area contributed by atoms with Crippen molar-refractivity contribution in [3.05, 3.63) is 12.7 Å². The SMILES string of the molecule is C[C@H](Cn1cnc2c(N)ncnc21)OCP(=O)(O)N[C@H](C)C(=O)OC1CCC1.